The van der Waals surface area contributed by atoms with E-state index >= 15 is 0 Å². The van der Waals surface area contributed by atoms with Crippen LogP contribution < -0.4 is 5.32 Å². The number of ether oxygens (including phenoxy) is 13. The van der Waals surface area contributed by atoms with Gasteiger partial charge >= 0.3 is 0 Å². The largest absolute Gasteiger partial charge is 0.374 e. The van der Waals surface area contributed by atoms with Gasteiger partial charge in [0.15, 0.2) is 18.9 Å². The number of carbonyl (C=O) groups excluding carboxylic acids is 1. The molecule has 14 atom stereocenters. The lowest BCUT2D eigenvalue weighted by Crippen LogP contribution is -2.69. The third kappa shape index (κ3) is 19.6. The number of hydrogen-bond donors (Lipinski definition) is 2. The Morgan fingerprint density at radius 3 is 1.09 bits per heavy atom. The lowest BCUT2D eigenvalue weighted by molar-refractivity contribution is -0.372. The molecule has 3 heterocycles. The van der Waals surface area contributed by atoms with Gasteiger partial charge in [0.2, 0.25) is 5.91 Å². The molecule has 482 valence electrons. The summed E-state index contributed by atoms with van der Waals surface area (Å²) in [7, 11) is 0. The van der Waals surface area contributed by atoms with Crippen molar-refractivity contribution in [3.05, 3.63) is 287 Å². The second kappa shape index (κ2) is 35.1. The quantitative estimate of drug-likeness (QED) is 0.0408. The molecular formula is C76H83NO15. The zero-order valence-electron chi connectivity index (χ0n) is 51.8. The highest BCUT2D eigenvalue weighted by atomic mass is 16.8. The summed E-state index contributed by atoms with van der Waals surface area (Å²) >= 11 is 0. The molecule has 3 fully saturated rings. The topological polar surface area (TPSA) is 169 Å². The molecule has 11 rings (SSSR count). The SMILES string of the molecule is CC(=O)N[C@H]1[C@H](O[C@H]2[C@@H](OCc3ccccc3)[C@H](OCc3ccccc3)[C@@H](COCc3ccccc3)O[C@@H]2O)O[C@H](COCc2ccccc2)[C@@H](O[C@H]2C[C@@H](OCc3ccccc3)[C@@H](OCc3ccccc3)[C@@H](COCc3ccccc3)O2)[C@@H]1OCc1ccccc1. The van der Waals surface area contributed by atoms with Gasteiger partial charge < -0.3 is 72.0 Å². The molecule has 16 nitrogen and oxygen atoms in total. The fourth-order valence-corrected chi connectivity index (χ4v) is 11.7. The van der Waals surface area contributed by atoms with Crippen molar-refractivity contribution in [3.63, 3.8) is 0 Å². The van der Waals surface area contributed by atoms with Crippen molar-refractivity contribution >= 4 is 5.91 Å². The Balaban J connectivity index is 0.947. The number of rotatable bonds is 32. The van der Waals surface area contributed by atoms with Gasteiger partial charge in [-0.15, -0.1) is 0 Å². The normalized spacial score (nSPS) is 25.6. The van der Waals surface area contributed by atoms with Gasteiger partial charge in [-0.2, -0.15) is 0 Å². The summed E-state index contributed by atoms with van der Waals surface area (Å²) in [6.45, 7) is 3.29. The Hall–Kier alpha value is -7.33. The summed E-state index contributed by atoms with van der Waals surface area (Å²) < 4.78 is 89.8. The molecule has 0 radical (unpaired) electrons. The number of nitrogens with one attached hydrogen (secondary N) is 1. The number of carbonyl (C=O) groups is 1. The maximum atomic E-state index is 13.9. The Morgan fingerprint density at radius 1 is 0.370 bits per heavy atom. The fourth-order valence-electron chi connectivity index (χ4n) is 11.7. The fraction of sp³-hybridized carbons (Fsp3) is 0.355. The first-order chi connectivity index (χ1) is 45.3. The van der Waals surface area contributed by atoms with Crippen LogP contribution in [0.3, 0.4) is 0 Å². The molecule has 0 aliphatic carbocycles. The second-order valence-corrected chi connectivity index (χ2v) is 23.3. The van der Waals surface area contributed by atoms with Crippen LogP contribution in [0.5, 0.6) is 0 Å². The molecule has 2 N–H and O–H groups in total. The van der Waals surface area contributed by atoms with Crippen molar-refractivity contribution in [2.24, 2.45) is 0 Å². The van der Waals surface area contributed by atoms with Gasteiger partial charge in [-0.25, -0.2) is 0 Å². The van der Waals surface area contributed by atoms with E-state index in [1.54, 1.807) is 0 Å². The first-order valence-electron chi connectivity index (χ1n) is 31.7. The minimum atomic E-state index is -1.63. The van der Waals surface area contributed by atoms with Crippen LogP contribution in [-0.4, -0.2) is 117 Å². The minimum Gasteiger partial charge on any atom is -0.374 e. The standard InChI is InChI=1S/C76H83NO15/c1-54(78)77-68-72(86-49-61-38-22-8-23-39-61)71(91-67-42-63(83-46-58-32-16-5-17-33-58)69(84-47-59-34-18-6-19-35-59)64(88-67)51-80-43-55-26-10-2-11-27-55)66(53-82-45-57-30-14-4-15-31-57)90-76(68)92-74-73(87-50-62-40-24-9-25-41-62)70(85-48-60-36-20-7-21-37-60)65(89-75(74)79)52-81-44-56-28-12-3-13-29-56/h2-41,63-76,79H,42-53H2,1H3,(H,77,78)/t63-,64-,65-,66-,67+,68-,69-,70-,71-,72-,73+,74+,75+,76+/m1/s1. The first kappa shape index (κ1) is 66.1. The van der Waals surface area contributed by atoms with Gasteiger partial charge in [-0.1, -0.05) is 243 Å². The van der Waals surface area contributed by atoms with Gasteiger partial charge in [0.05, 0.1) is 78.8 Å². The van der Waals surface area contributed by atoms with Crippen LogP contribution in [0.1, 0.15) is 57.9 Å². The number of hydrogen-bond acceptors (Lipinski definition) is 15. The molecule has 3 aliphatic heterocycles. The van der Waals surface area contributed by atoms with Crippen LogP contribution in [0.25, 0.3) is 0 Å². The van der Waals surface area contributed by atoms with Gasteiger partial charge in [0.25, 0.3) is 0 Å². The zero-order chi connectivity index (χ0) is 62.9. The average Bonchev–Trinajstić information content (AvgIpc) is 0.909. The number of aliphatic hydroxyl groups excluding tert-OH is 1. The molecule has 3 aliphatic rings. The van der Waals surface area contributed by atoms with E-state index < -0.39 is 91.9 Å². The number of benzene rings is 8. The van der Waals surface area contributed by atoms with Crippen molar-refractivity contribution in [3.8, 4) is 0 Å². The summed E-state index contributed by atoms with van der Waals surface area (Å²) in [6.07, 6.45) is -12.9. The second-order valence-electron chi connectivity index (χ2n) is 23.3. The van der Waals surface area contributed by atoms with Gasteiger partial charge in [-0.3, -0.25) is 4.79 Å². The predicted molar refractivity (Wildman–Crippen MR) is 344 cm³/mol. The van der Waals surface area contributed by atoms with Crippen molar-refractivity contribution in [1.29, 1.82) is 0 Å². The smallest absolute Gasteiger partial charge is 0.217 e. The summed E-state index contributed by atoms with van der Waals surface area (Å²) in [5.74, 6) is -0.410. The van der Waals surface area contributed by atoms with Crippen molar-refractivity contribution in [1.82, 2.24) is 5.32 Å². The molecule has 92 heavy (non-hydrogen) atoms. The van der Waals surface area contributed by atoms with E-state index in [0.29, 0.717) is 6.61 Å². The number of aliphatic hydroxyl groups is 1. The van der Waals surface area contributed by atoms with Crippen molar-refractivity contribution < 1.29 is 71.5 Å². The van der Waals surface area contributed by atoms with E-state index in [-0.39, 0.29) is 72.5 Å². The summed E-state index contributed by atoms with van der Waals surface area (Å²) in [5, 5.41) is 15.7. The maximum Gasteiger partial charge on any atom is 0.217 e. The van der Waals surface area contributed by atoms with E-state index in [2.05, 4.69) is 5.32 Å². The molecule has 0 spiro atoms. The molecule has 0 saturated carbocycles. The lowest BCUT2D eigenvalue weighted by atomic mass is 9.94. The number of amides is 1. The van der Waals surface area contributed by atoms with Crippen molar-refractivity contribution in [2.75, 3.05) is 19.8 Å². The zero-order valence-corrected chi connectivity index (χ0v) is 51.8. The highest BCUT2D eigenvalue weighted by Crippen LogP contribution is 2.37. The van der Waals surface area contributed by atoms with Crippen molar-refractivity contribution in [2.45, 2.75) is 152 Å². The molecule has 16 heteroatoms. The van der Waals surface area contributed by atoms with Gasteiger partial charge in [0.1, 0.15) is 61.0 Å². The van der Waals surface area contributed by atoms with E-state index in [1.165, 1.54) is 6.92 Å². The Labute approximate surface area is 539 Å². The Morgan fingerprint density at radius 2 is 0.696 bits per heavy atom. The molecular weight excluding hydrogens is 1170 g/mol. The molecule has 8 aromatic carbocycles. The average molecular weight is 1250 g/mol. The summed E-state index contributed by atoms with van der Waals surface area (Å²) in [6, 6.07) is 77.7. The highest BCUT2D eigenvalue weighted by Gasteiger charge is 2.55. The van der Waals surface area contributed by atoms with E-state index in [9.17, 15) is 9.90 Å². The lowest BCUT2D eigenvalue weighted by Gasteiger charge is -2.50. The maximum absolute atomic E-state index is 13.9. The minimum absolute atomic E-state index is 0.0360. The third-order valence-corrected chi connectivity index (χ3v) is 16.3. The van der Waals surface area contributed by atoms with Gasteiger partial charge in [0, 0.05) is 13.3 Å². The molecule has 8 aromatic rings. The molecule has 3 saturated heterocycles. The van der Waals surface area contributed by atoms with E-state index in [4.69, 9.17) is 61.6 Å². The molecule has 1 amide bonds. The predicted octanol–water partition coefficient (Wildman–Crippen LogP) is 11.4. The molecule has 0 bridgehead atoms. The molecule has 0 aromatic heterocycles. The first-order valence-corrected chi connectivity index (χ1v) is 31.7. The van der Waals surface area contributed by atoms with Crippen LogP contribution in [0.2, 0.25) is 0 Å². The van der Waals surface area contributed by atoms with Crippen LogP contribution in [0.15, 0.2) is 243 Å². The third-order valence-electron chi connectivity index (χ3n) is 16.3. The summed E-state index contributed by atoms with van der Waals surface area (Å²) in [5.41, 5.74) is 7.49. The van der Waals surface area contributed by atoms with E-state index in [1.807, 2.05) is 243 Å². The molecule has 0 unspecified atom stereocenters. The van der Waals surface area contributed by atoms with Gasteiger partial charge in [-0.05, 0) is 44.5 Å². The van der Waals surface area contributed by atoms with Crippen LogP contribution in [0.4, 0.5) is 0 Å². The Kier molecular flexibility index (Phi) is 25.2. The monoisotopic (exact) mass is 1250 g/mol. The van der Waals surface area contributed by atoms with Crippen LogP contribution in [0, 0.1) is 0 Å². The highest BCUT2D eigenvalue weighted by molar-refractivity contribution is 5.73. The Bertz CT molecular complexity index is 3330. The van der Waals surface area contributed by atoms with Crippen LogP contribution >= 0.6 is 0 Å². The van der Waals surface area contributed by atoms with E-state index in [0.717, 1.165) is 44.5 Å². The van der Waals surface area contributed by atoms with Crippen LogP contribution in [-0.2, 0) is 119 Å². The summed E-state index contributed by atoms with van der Waals surface area (Å²) in [4.78, 5) is 13.9.